The van der Waals surface area contributed by atoms with Crippen LogP contribution < -0.4 is 10.9 Å². The van der Waals surface area contributed by atoms with Gasteiger partial charge in [0.05, 0.1) is 6.54 Å². The van der Waals surface area contributed by atoms with Crippen molar-refractivity contribution in [2.45, 2.75) is 13.1 Å². The van der Waals surface area contributed by atoms with Crippen LogP contribution in [-0.2, 0) is 13.1 Å². The molecule has 0 aliphatic heterocycles. The molecule has 0 aliphatic rings. The monoisotopic (exact) mass is 387 g/mol. The van der Waals surface area contributed by atoms with Gasteiger partial charge in [-0.15, -0.1) is 0 Å². The molecule has 0 bridgehead atoms. The average molecular weight is 387 g/mol. The maximum atomic E-state index is 13.2. The maximum absolute atomic E-state index is 13.2. The van der Waals surface area contributed by atoms with E-state index in [4.69, 9.17) is 0 Å². The molecule has 4 aromatic rings. The van der Waals surface area contributed by atoms with Crippen LogP contribution in [0, 0.1) is 5.82 Å². The number of hydrogen-bond donors (Lipinski definition) is 1. The highest BCUT2D eigenvalue weighted by Crippen LogP contribution is 2.13. The number of carbonyl (C=O) groups is 1. The zero-order chi connectivity index (χ0) is 20.2. The number of aromatic nitrogens is 2. The van der Waals surface area contributed by atoms with E-state index in [0.717, 1.165) is 11.1 Å². The van der Waals surface area contributed by atoms with Crippen molar-refractivity contribution in [3.05, 3.63) is 112 Å². The van der Waals surface area contributed by atoms with Crippen LogP contribution in [0.5, 0.6) is 0 Å². The van der Waals surface area contributed by atoms with Gasteiger partial charge < -0.3 is 5.32 Å². The van der Waals surface area contributed by atoms with Gasteiger partial charge in [0.25, 0.3) is 11.5 Å². The van der Waals surface area contributed by atoms with E-state index in [-0.39, 0.29) is 17.9 Å². The summed E-state index contributed by atoms with van der Waals surface area (Å²) in [5.74, 6) is -0.796. The van der Waals surface area contributed by atoms with Crippen molar-refractivity contribution in [2.75, 3.05) is 0 Å². The summed E-state index contributed by atoms with van der Waals surface area (Å²) in [4.78, 5) is 30.1. The number of fused-ring (bicyclic) bond motifs is 1. The Bertz CT molecular complexity index is 1220. The second kappa shape index (κ2) is 8.06. The molecule has 0 fully saturated rings. The molecule has 0 unspecified atom stereocenters. The topological polar surface area (TPSA) is 64.0 Å². The molecule has 0 saturated heterocycles. The van der Waals surface area contributed by atoms with Crippen molar-refractivity contribution in [3.63, 3.8) is 0 Å². The highest BCUT2D eigenvalue weighted by Gasteiger charge is 2.16. The van der Waals surface area contributed by atoms with E-state index in [0.29, 0.717) is 17.6 Å². The maximum Gasteiger partial charge on any atom is 0.265 e. The number of benzene rings is 2. The van der Waals surface area contributed by atoms with Crippen LogP contribution >= 0.6 is 0 Å². The molecule has 6 heteroatoms. The van der Waals surface area contributed by atoms with Gasteiger partial charge >= 0.3 is 0 Å². The van der Waals surface area contributed by atoms with Crippen LogP contribution in [0.1, 0.15) is 21.5 Å². The van der Waals surface area contributed by atoms with Gasteiger partial charge in [0.1, 0.15) is 17.0 Å². The van der Waals surface area contributed by atoms with Crippen LogP contribution in [0.15, 0.2) is 83.8 Å². The molecule has 2 heterocycles. The van der Waals surface area contributed by atoms with Gasteiger partial charge in [-0.1, -0.05) is 42.5 Å². The number of nitrogens with zero attached hydrogens (tertiary/aromatic N) is 2. The first-order valence-electron chi connectivity index (χ1n) is 9.17. The number of amides is 1. The predicted molar refractivity (Wildman–Crippen MR) is 109 cm³/mol. The molecule has 0 spiro atoms. The Morgan fingerprint density at radius 1 is 0.966 bits per heavy atom. The van der Waals surface area contributed by atoms with Crippen molar-refractivity contribution >= 4 is 16.9 Å². The number of halogens is 1. The molecule has 144 valence electrons. The highest BCUT2D eigenvalue weighted by molar-refractivity contribution is 5.96. The van der Waals surface area contributed by atoms with Crippen LogP contribution in [0.2, 0.25) is 0 Å². The summed E-state index contributed by atoms with van der Waals surface area (Å²) < 4.78 is 14.7. The second-order valence-electron chi connectivity index (χ2n) is 6.66. The van der Waals surface area contributed by atoms with Gasteiger partial charge in [0.2, 0.25) is 0 Å². The van der Waals surface area contributed by atoms with Crippen molar-refractivity contribution in [1.82, 2.24) is 14.9 Å². The largest absolute Gasteiger partial charge is 0.348 e. The Morgan fingerprint density at radius 3 is 2.48 bits per heavy atom. The van der Waals surface area contributed by atoms with E-state index in [2.05, 4.69) is 10.3 Å². The number of pyridine rings is 2. The quantitative estimate of drug-likeness (QED) is 0.570. The smallest absolute Gasteiger partial charge is 0.265 e. The second-order valence-corrected chi connectivity index (χ2v) is 6.66. The molecule has 1 N–H and O–H groups in total. The van der Waals surface area contributed by atoms with Gasteiger partial charge in [-0.3, -0.25) is 14.2 Å². The van der Waals surface area contributed by atoms with Gasteiger partial charge in [-0.2, -0.15) is 0 Å². The summed E-state index contributed by atoms with van der Waals surface area (Å²) in [6.07, 6.45) is 1.60. The summed E-state index contributed by atoms with van der Waals surface area (Å²) in [5, 5.41) is 3.48. The molecule has 2 aromatic heterocycles. The first-order valence-corrected chi connectivity index (χ1v) is 9.17. The van der Waals surface area contributed by atoms with Crippen molar-refractivity contribution in [3.8, 4) is 0 Å². The summed E-state index contributed by atoms with van der Waals surface area (Å²) >= 11 is 0. The number of hydrogen-bond acceptors (Lipinski definition) is 3. The zero-order valence-corrected chi connectivity index (χ0v) is 15.5. The zero-order valence-electron chi connectivity index (χ0n) is 15.5. The number of nitrogens with one attached hydrogen (secondary N) is 1. The molecule has 29 heavy (non-hydrogen) atoms. The minimum Gasteiger partial charge on any atom is -0.348 e. The normalized spacial score (nSPS) is 10.8. The van der Waals surface area contributed by atoms with E-state index in [1.807, 2.05) is 30.3 Å². The first kappa shape index (κ1) is 18.6. The van der Waals surface area contributed by atoms with Gasteiger partial charge in [-0.25, -0.2) is 9.37 Å². The molecule has 1 amide bonds. The van der Waals surface area contributed by atoms with E-state index in [9.17, 15) is 14.0 Å². The third-order valence-corrected chi connectivity index (χ3v) is 4.64. The average Bonchev–Trinajstić information content (AvgIpc) is 2.76. The molecule has 4 rings (SSSR count). The van der Waals surface area contributed by atoms with Gasteiger partial charge in [0.15, 0.2) is 0 Å². The summed E-state index contributed by atoms with van der Waals surface area (Å²) in [6, 6.07) is 20.5. The lowest BCUT2D eigenvalue weighted by molar-refractivity contribution is 0.0949. The van der Waals surface area contributed by atoms with Crippen LogP contribution in [0.3, 0.4) is 0 Å². The Labute approximate surface area is 166 Å². The highest BCUT2D eigenvalue weighted by atomic mass is 19.1. The minimum atomic E-state index is -0.447. The first-order chi connectivity index (χ1) is 14.1. The third-order valence-electron chi connectivity index (χ3n) is 4.64. The van der Waals surface area contributed by atoms with Crippen molar-refractivity contribution < 1.29 is 9.18 Å². The van der Waals surface area contributed by atoms with Crippen LogP contribution in [0.4, 0.5) is 4.39 Å². The van der Waals surface area contributed by atoms with E-state index in [1.165, 1.54) is 16.7 Å². The Morgan fingerprint density at radius 2 is 1.72 bits per heavy atom. The standard InChI is InChI=1S/C23H18FN3O2/c24-19-10-8-17(9-11-19)15-27-21-18(7-4-12-25-21)13-20(23(27)29)22(28)26-14-16-5-2-1-3-6-16/h1-13H,14-15H2,(H,26,28). The molecular weight excluding hydrogens is 369 g/mol. The van der Waals surface area contributed by atoms with Crippen LogP contribution in [-0.4, -0.2) is 15.5 Å². The SMILES string of the molecule is O=C(NCc1ccccc1)c1cc2cccnc2n(Cc2ccc(F)cc2)c1=O. The summed E-state index contributed by atoms with van der Waals surface area (Å²) in [6.45, 7) is 0.509. The summed E-state index contributed by atoms with van der Waals surface area (Å²) in [7, 11) is 0. The van der Waals surface area contributed by atoms with Crippen LogP contribution in [0.25, 0.3) is 11.0 Å². The minimum absolute atomic E-state index is 0.0449. The number of rotatable bonds is 5. The van der Waals surface area contributed by atoms with Gasteiger partial charge in [-0.05, 0) is 41.5 Å². The summed E-state index contributed by atoms with van der Waals surface area (Å²) in [5.41, 5.74) is 1.76. The predicted octanol–water partition coefficient (Wildman–Crippen LogP) is 3.51. The van der Waals surface area contributed by atoms with E-state index < -0.39 is 11.5 Å². The van der Waals surface area contributed by atoms with Gasteiger partial charge in [0, 0.05) is 18.1 Å². The fourth-order valence-electron chi connectivity index (χ4n) is 3.16. The Hall–Kier alpha value is -3.80. The third kappa shape index (κ3) is 4.06. The number of carbonyl (C=O) groups excluding carboxylic acids is 1. The molecule has 0 radical (unpaired) electrons. The van der Waals surface area contributed by atoms with Crippen molar-refractivity contribution in [2.24, 2.45) is 0 Å². The Balaban J connectivity index is 1.71. The molecule has 0 atom stereocenters. The lowest BCUT2D eigenvalue weighted by atomic mass is 10.1. The molecule has 0 aliphatic carbocycles. The molecule has 2 aromatic carbocycles. The fourth-order valence-corrected chi connectivity index (χ4v) is 3.16. The lowest BCUT2D eigenvalue weighted by Gasteiger charge is -2.12. The molecule has 0 saturated carbocycles. The molecule has 5 nitrogen and oxygen atoms in total. The lowest BCUT2D eigenvalue weighted by Crippen LogP contribution is -2.33. The Kier molecular flexibility index (Phi) is 5.16. The molecular formula is C23H18FN3O2. The van der Waals surface area contributed by atoms with E-state index >= 15 is 0 Å². The van der Waals surface area contributed by atoms with Crippen molar-refractivity contribution in [1.29, 1.82) is 0 Å². The fraction of sp³-hybridized carbons (Fsp3) is 0.0870. The van der Waals surface area contributed by atoms with E-state index in [1.54, 1.807) is 36.5 Å².